The van der Waals surface area contributed by atoms with Crippen LogP contribution < -0.4 is 10.4 Å². The third kappa shape index (κ3) is 3.78. The Bertz CT molecular complexity index is 801. The second kappa shape index (κ2) is 7.51. The van der Waals surface area contributed by atoms with Crippen molar-refractivity contribution in [3.05, 3.63) is 39.2 Å². The Kier molecular flexibility index (Phi) is 5.65. The van der Waals surface area contributed by atoms with Crippen molar-refractivity contribution in [2.75, 3.05) is 6.61 Å². The van der Waals surface area contributed by atoms with E-state index < -0.39 is 5.63 Å². The minimum Gasteiger partial charge on any atom is -0.491 e. The van der Waals surface area contributed by atoms with E-state index >= 15 is 0 Å². The number of aryl methyl sites for hydroxylation is 2. The van der Waals surface area contributed by atoms with Crippen LogP contribution in [0.4, 0.5) is 0 Å². The molecule has 0 aliphatic carbocycles. The lowest BCUT2D eigenvalue weighted by molar-refractivity contribution is -0.143. The molecule has 0 saturated carbocycles. The van der Waals surface area contributed by atoms with Crippen LogP contribution in [-0.2, 0) is 16.0 Å². The number of benzene rings is 1. The highest BCUT2D eigenvalue weighted by Crippen LogP contribution is 2.30. The number of hydrogen-bond donors (Lipinski definition) is 0. The fraction of sp³-hybridized carbons (Fsp3) is 0.474. The summed E-state index contributed by atoms with van der Waals surface area (Å²) in [5, 5.41) is 0.863. The summed E-state index contributed by atoms with van der Waals surface area (Å²) < 4.78 is 16.2. The smallest absolute Gasteiger partial charge is 0.339 e. The first kappa shape index (κ1) is 18.0. The quantitative estimate of drug-likeness (QED) is 0.596. The number of esters is 1. The minimum absolute atomic E-state index is 0.0396. The van der Waals surface area contributed by atoms with Crippen molar-refractivity contribution in [2.24, 2.45) is 0 Å². The topological polar surface area (TPSA) is 65.7 Å². The van der Waals surface area contributed by atoms with Crippen LogP contribution in [0.5, 0.6) is 5.75 Å². The zero-order chi connectivity index (χ0) is 17.9. The van der Waals surface area contributed by atoms with E-state index in [0.29, 0.717) is 29.9 Å². The molecule has 0 radical (unpaired) electrons. The molecule has 0 atom stereocenters. The molecule has 0 spiro atoms. The van der Waals surface area contributed by atoms with Crippen molar-refractivity contribution < 1.29 is 18.7 Å². The molecule has 0 unspecified atom stereocenters. The Morgan fingerprint density at radius 1 is 1.21 bits per heavy atom. The van der Waals surface area contributed by atoms with Gasteiger partial charge in [-0.3, -0.25) is 4.79 Å². The van der Waals surface area contributed by atoms with Crippen molar-refractivity contribution in [2.45, 2.75) is 53.6 Å². The van der Waals surface area contributed by atoms with E-state index in [4.69, 9.17) is 13.9 Å². The van der Waals surface area contributed by atoms with Crippen molar-refractivity contribution in [1.82, 2.24) is 0 Å². The number of carbonyl (C=O) groups is 1. The molecule has 24 heavy (non-hydrogen) atoms. The molecule has 0 amide bonds. The van der Waals surface area contributed by atoms with E-state index in [-0.39, 0.29) is 18.5 Å². The molecule has 0 aliphatic heterocycles. The maximum Gasteiger partial charge on any atom is 0.339 e. The van der Waals surface area contributed by atoms with Gasteiger partial charge >= 0.3 is 11.6 Å². The SMILES string of the molecule is CCOC(=O)CCc1c(C)c2ccc(OC(C)C)c(C)c2oc1=O. The Hall–Kier alpha value is -2.30. The highest BCUT2D eigenvalue weighted by Gasteiger charge is 2.16. The molecular formula is C19H24O5. The molecule has 2 aromatic rings. The van der Waals surface area contributed by atoms with Crippen LogP contribution in [0.3, 0.4) is 0 Å². The van der Waals surface area contributed by atoms with Crippen LogP contribution in [0.2, 0.25) is 0 Å². The first-order valence-electron chi connectivity index (χ1n) is 8.23. The molecule has 0 bridgehead atoms. The van der Waals surface area contributed by atoms with Crippen molar-refractivity contribution in [3.8, 4) is 5.75 Å². The lowest BCUT2D eigenvalue weighted by atomic mass is 10.0. The number of hydrogen-bond acceptors (Lipinski definition) is 5. The van der Waals surface area contributed by atoms with Gasteiger partial charge in [0.25, 0.3) is 0 Å². The summed E-state index contributed by atoms with van der Waals surface area (Å²) in [5.74, 6) is 0.396. The van der Waals surface area contributed by atoms with Gasteiger partial charge in [-0.1, -0.05) is 0 Å². The summed E-state index contributed by atoms with van der Waals surface area (Å²) in [6, 6.07) is 3.78. The van der Waals surface area contributed by atoms with Crippen molar-refractivity contribution in [1.29, 1.82) is 0 Å². The van der Waals surface area contributed by atoms with Crippen molar-refractivity contribution in [3.63, 3.8) is 0 Å². The Morgan fingerprint density at radius 3 is 2.54 bits per heavy atom. The minimum atomic E-state index is -0.408. The van der Waals surface area contributed by atoms with Gasteiger partial charge < -0.3 is 13.9 Å². The summed E-state index contributed by atoms with van der Waals surface area (Å²) >= 11 is 0. The van der Waals surface area contributed by atoms with Gasteiger partial charge in [0.15, 0.2) is 0 Å². The molecule has 130 valence electrons. The third-order valence-corrected chi connectivity index (χ3v) is 3.90. The summed E-state index contributed by atoms with van der Waals surface area (Å²) in [6.45, 7) is 9.74. The van der Waals surface area contributed by atoms with Crippen LogP contribution in [0.15, 0.2) is 21.3 Å². The molecule has 2 rings (SSSR count). The van der Waals surface area contributed by atoms with Gasteiger partial charge in [-0.05, 0) is 58.7 Å². The van der Waals surface area contributed by atoms with Gasteiger partial charge in [0.05, 0.1) is 12.7 Å². The number of carbonyl (C=O) groups excluding carboxylic acids is 1. The lowest BCUT2D eigenvalue weighted by Gasteiger charge is -2.15. The summed E-state index contributed by atoms with van der Waals surface area (Å²) in [5.41, 5.74) is 2.29. The normalized spacial score (nSPS) is 11.1. The molecule has 0 saturated heterocycles. The highest BCUT2D eigenvalue weighted by molar-refractivity contribution is 5.85. The van der Waals surface area contributed by atoms with E-state index in [1.54, 1.807) is 6.92 Å². The predicted molar refractivity (Wildman–Crippen MR) is 92.7 cm³/mol. The number of fused-ring (bicyclic) bond motifs is 1. The van der Waals surface area contributed by atoms with Gasteiger partial charge in [0.2, 0.25) is 0 Å². The van der Waals surface area contributed by atoms with Gasteiger partial charge in [-0.15, -0.1) is 0 Å². The number of ether oxygens (including phenoxy) is 2. The van der Waals surface area contributed by atoms with Gasteiger partial charge in [0.1, 0.15) is 11.3 Å². The Morgan fingerprint density at radius 2 is 1.92 bits per heavy atom. The molecule has 1 aromatic heterocycles. The largest absolute Gasteiger partial charge is 0.491 e. The number of rotatable bonds is 6. The molecule has 0 aliphatic rings. The molecule has 5 heteroatoms. The fourth-order valence-corrected chi connectivity index (χ4v) is 2.70. The summed E-state index contributed by atoms with van der Waals surface area (Å²) in [7, 11) is 0. The fourth-order valence-electron chi connectivity index (χ4n) is 2.70. The third-order valence-electron chi connectivity index (χ3n) is 3.90. The second-order valence-electron chi connectivity index (χ2n) is 6.03. The van der Waals surface area contributed by atoms with Crippen LogP contribution >= 0.6 is 0 Å². The Balaban J connectivity index is 2.43. The molecule has 5 nitrogen and oxygen atoms in total. The van der Waals surface area contributed by atoms with Crippen LogP contribution in [0.25, 0.3) is 11.0 Å². The zero-order valence-electron chi connectivity index (χ0n) is 14.9. The molecule has 0 N–H and O–H groups in total. The molecule has 1 heterocycles. The molecule has 1 aromatic carbocycles. The van der Waals surface area contributed by atoms with E-state index in [1.165, 1.54) is 0 Å². The molecular weight excluding hydrogens is 308 g/mol. The highest BCUT2D eigenvalue weighted by atomic mass is 16.5. The second-order valence-corrected chi connectivity index (χ2v) is 6.03. The van der Waals surface area contributed by atoms with Crippen LogP contribution in [-0.4, -0.2) is 18.7 Å². The van der Waals surface area contributed by atoms with E-state index in [2.05, 4.69) is 0 Å². The van der Waals surface area contributed by atoms with Gasteiger partial charge in [0, 0.05) is 22.9 Å². The first-order valence-corrected chi connectivity index (χ1v) is 8.23. The van der Waals surface area contributed by atoms with Crippen molar-refractivity contribution >= 4 is 16.9 Å². The standard InChI is InChI=1S/C19H24O5/c1-6-22-17(20)10-8-15-12(4)14-7-9-16(23-11(2)3)13(5)18(14)24-19(15)21/h7,9,11H,6,8,10H2,1-5H3. The first-order chi connectivity index (χ1) is 11.3. The van der Waals surface area contributed by atoms with Gasteiger partial charge in [-0.25, -0.2) is 4.79 Å². The van der Waals surface area contributed by atoms with Crippen LogP contribution in [0, 0.1) is 13.8 Å². The van der Waals surface area contributed by atoms with E-state index in [1.807, 2.05) is 39.8 Å². The molecule has 0 fully saturated rings. The zero-order valence-corrected chi connectivity index (χ0v) is 14.9. The Labute approximate surface area is 141 Å². The maximum absolute atomic E-state index is 12.4. The monoisotopic (exact) mass is 332 g/mol. The maximum atomic E-state index is 12.4. The lowest BCUT2D eigenvalue weighted by Crippen LogP contribution is -2.14. The predicted octanol–water partition coefficient (Wildman–Crippen LogP) is 3.69. The average Bonchev–Trinajstić information content (AvgIpc) is 2.50. The average molecular weight is 332 g/mol. The summed E-state index contributed by atoms with van der Waals surface area (Å²) in [4.78, 5) is 23.9. The van der Waals surface area contributed by atoms with Crippen LogP contribution in [0.1, 0.15) is 43.9 Å². The van der Waals surface area contributed by atoms with E-state index in [9.17, 15) is 9.59 Å². The summed E-state index contributed by atoms with van der Waals surface area (Å²) in [6.07, 6.45) is 0.517. The van der Waals surface area contributed by atoms with Gasteiger partial charge in [-0.2, -0.15) is 0 Å². The van der Waals surface area contributed by atoms with E-state index in [0.717, 1.165) is 16.5 Å².